The van der Waals surface area contributed by atoms with Crippen LogP contribution in [-0.4, -0.2) is 17.3 Å². The lowest BCUT2D eigenvalue weighted by Gasteiger charge is -2.12. The molecule has 6 nitrogen and oxygen atoms in total. The lowest BCUT2D eigenvalue weighted by Crippen LogP contribution is -2.11. The maximum Gasteiger partial charge on any atom is 0.387 e. The number of ketones is 1. The molecule has 1 rings (SSSR count). The Morgan fingerprint density at radius 2 is 2.11 bits per heavy atom. The quantitative estimate of drug-likeness (QED) is 0.388. The molecule has 2 N–H and O–H groups in total. The molecule has 0 saturated heterocycles. The maximum absolute atomic E-state index is 12.3. The van der Waals surface area contributed by atoms with Crippen molar-refractivity contribution >= 4 is 17.2 Å². The van der Waals surface area contributed by atoms with Gasteiger partial charge in [0.25, 0.3) is 0 Å². The van der Waals surface area contributed by atoms with Crippen molar-refractivity contribution in [2.75, 3.05) is 5.73 Å². The van der Waals surface area contributed by atoms with Crippen LogP contribution < -0.4 is 10.5 Å². The van der Waals surface area contributed by atoms with Gasteiger partial charge in [-0.15, -0.1) is 0 Å². The molecule has 0 atom stereocenters. The van der Waals surface area contributed by atoms with E-state index in [1.165, 1.54) is 6.92 Å². The number of carbonyl (C=O) groups is 1. The van der Waals surface area contributed by atoms with E-state index >= 15 is 0 Å². The molecule has 0 aliphatic heterocycles. The average Bonchev–Trinajstić information content (AvgIpc) is 2.21. The number of nitrogens with two attached hydrogens (primary N) is 1. The summed E-state index contributed by atoms with van der Waals surface area (Å²) in [5.74, 6) is -1.41. The first-order chi connectivity index (χ1) is 8.25. The molecule has 18 heavy (non-hydrogen) atoms. The second-order valence-electron chi connectivity index (χ2n) is 3.51. The number of Topliss-reactive ketones (excluding diaryl/α,β-unsaturated/α-hetero) is 1. The number of carbonyl (C=O) groups excluding carboxylic acids is 1. The molecular formula is C10H10F2N2O4. The van der Waals surface area contributed by atoms with Gasteiger partial charge in [-0.3, -0.25) is 14.9 Å². The third kappa shape index (κ3) is 2.53. The molecule has 98 valence electrons. The van der Waals surface area contributed by atoms with E-state index in [9.17, 15) is 23.7 Å². The molecular weight excluding hydrogens is 250 g/mol. The first-order valence-electron chi connectivity index (χ1n) is 4.79. The summed E-state index contributed by atoms with van der Waals surface area (Å²) >= 11 is 0. The fraction of sp³-hybridized carbons (Fsp3) is 0.300. The largest absolute Gasteiger partial charge is 0.427 e. The van der Waals surface area contributed by atoms with Crippen LogP contribution >= 0.6 is 0 Å². The van der Waals surface area contributed by atoms with Gasteiger partial charge in [0.1, 0.15) is 0 Å². The molecule has 0 aliphatic rings. The highest BCUT2D eigenvalue weighted by molar-refractivity contribution is 5.99. The number of hydrogen-bond acceptors (Lipinski definition) is 5. The predicted molar refractivity (Wildman–Crippen MR) is 58.9 cm³/mol. The van der Waals surface area contributed by atoms with E-state index in [1.54, 1.807) is 0 Å². The zero-order chi connectivity index (χ0) is 14.0. The standard InChI is InChI=1S/C10H10F2N2O4/c1-4-7(13)3-6(5(2)15)9(18-10(11)12)8(4)14(16)17/h3,10H,13H2,1-2H3. The zero-order valence-electron chi connectivity index (χ0n) is 9.57. The van der Waals surface area contributed by atoms with Gasteiger partial charge >= 0.3 is 12.3 Å². The van der Waals surface area contributed by atoms with Crippen LogP contribution in [0, 0.1) is 17.0 Å². The highest BCUT2D eigenvalue weighted by Gasteiger charge is 2.28. The summed E-state index contributed by atoms with van der Waals surface area (Å²) in [7, 11) is 0. The monoisotopic (exact) mass is 260 g/mol. The Kier molecular flexibility index (Phi) is 3.79. The van der Waals surface area contributed by atoms with Crippen LogP contribution in [0.15, 0.2) is 6.07 Å². The van der Waals surface area contributed by atoms with E-state index in [0.717, 1.165) is 13.0 Å². The Hall–Kier alpha value is -2.25. The number of halogens is 2. The third-order valence-corrected chi connectivity index (χ3v) is 2.32. The first kappa shape index (κ1) is 13.8. The lowest BCUT2D eigenvalue weighted by molar-refractivity contribution is -0.387. The normalized spacial score (nSPS) is 10.5. The Bertz CT molecular complexity index is 517. The van der Waals surface area contributed by atoms with Crippen molar-refractivity contribution in [3.8, 4) is 5.75 Å². The molecule has 0 heterocycles. The first-order valence-corrected chi connectivity index (χ1v) is 4.79. The summed E-state index contributed by atoms with van der Waals surface area (Å²) in [6, 6.07) is 1.09. The van der Waals surface area contributed by atoms with Crippen molar-refractivity contribution in [1.82, 2.24) is 0 Å². The van der Waals surface area contributed by atoms with Crippen LogP contribution in [0.5, 0.6) is 5.75 Å². The lowest BCUT2D eigenvalue weighted by atomic mass is 10.0. The molecule has 0 amide bonds. The predicted octanol–water partition coefficient (Wildman–Crippen LogP) is 2.29. The second kappa shape index (κ2) is 4.94. The van der Waals surface area contributed by atoms with Gasteiger partial charge in [-0.2, -0.15) is 8.78 Å². The number of ether oxygens (including phenoxy) is 1. The van der Waals surface area contributed by atoms with Gasteiger partial charge in [0, 0.05) is 5.69 Å². The number of nitrogen functional groups attached to an aromatic ring is 1. The Balaban J connectivity index is 3.63. The fourth-order valence-electron chi connectivity index (χ4n) is 1.45. The number of nitro benzene ring substituents is 1. The SMILES string of the molecule is CC(=O)c1cc(N)c(C)c([N+](=O)[O-])c1OC(F)F. The molecule has 0 aliphatic carbocycles. The van der Waals surface area contributed by atoms with Gasteiger partial charge in [-0.1, -0.05) is 0 Å². The number of nitro groups is 1. The van der Waals surface area contributed by atoms with Crippen molar-refractivity contribution in [2.24, 2.45) is 0 Å². The van der Waals surface area contributed by atoms with Crippen molar-refractivity contribution in [3.05, 3.63) is 27.3 Å². The number of rotatable bonds is 4. The molecule has 0 saturated carbocycles. The molecule has 0 spiro atoms. The fourth-order valence-corrected chi connectivity index (χ4v) is 1.45. The minimum absolute atomic E-state index is 0.0272. The van der Waals surface area contributed by atoms with Crippen LogP contribution in [0.2, 0.25) is 0 Å². The summed E-state index contributed by atoms with van der Waals surface area (Å²) in [6.45, 7) is -0.910. The third-order valence-electron chi connectivity index (χ3n) is 2.32. The molecule has 0 radical (unpaired) electrons. The number of hydrogen-bond donors (Lipinski definition) is 1. The Morgan fingerprint density at radius 1 is 1.56 bits per heavy atom. The molecule has 0 bridgehead atoms. The molecule has 8 heteroatoms. The van der Waals surface area contributed by atoms with Gasteiger partial charge in [0.15, 0.2) is 5.78 Å². The second-order valence-corrected chi connectivity index (χ2v) is 3.51. The van der Waals surface area contributed by atoms with Crippen LogP contribution in [0.25, 0.3) is 0 Å². The van der Waals surface area contributed by atoms with Crippen LogP contribution in [0.1, 0.15) is 22.8 Å². The Labute approximate surface area is 100 Å². The number of alkyl halides is 2. The number of benzene rings is 1. The summed E-state index contributed by atoms with van der Waals surface area (Å²) in [5, 5.41) is 10.9. The average molecular weight is 260 g/mol. The molecule has 0 unspecified atom stereocenters. The Morgan fingerprint density at radius 3 is 2.50 bits per heavy atom. The van der Waals surface area contributed by atoms with Gasteiger partial charge in [-0.05, 0) is 19.9 Å². The molecule has 1 aromatic carbocycles. The van der Waals surface area contributed by atoms with Crippen molar-refractivity contribution < 1.29 is 23.2 Å². The molecule has 1 aromatic rings. The number of nitrogens with zero attached hydrogens (tertiary/aromatic N) is 1. The van der Waals surface area contributed by atoms with Gasteiger partial charge < -0.3 is 10.5 Å². The van der Waals surface area contributed by atoms with E-state index in [4.69, 9.17) is 5.73 Å². The minimum atomic E-state index is -3.27. The van der Waals surface area contributed by atoms with Crippen LogP contribution in [-0.2, 0) is 0 Å². The van der Waals surface area contributed by atoms with Crippen LogP contribution in [0.4, 0.5) is 20.2 Å². The smallest absolute Gasteiger partial charge is 0.387 e. The zero-order valence-corrected chi connectivity index (χ0v) is 9.57. The van der Waals surface area contributed by atoms with Crippen molar-refractivity contribution in [1.29, 1.82) is 0 Å². The highest BCUT2D eigenvalue weighted by atomic mass is 19.3. The summed E-state index contributed by atoms with van der Waals surface area (Å²) in [4.78, 5) is 21.2. The van der Waals surface area contributed by atoms with E-state index in [2.05, 4.69) is 4.74 Å². The molecule has 0 aromatic heterocycles. The summed E-state index contributed by atoms with van der Waals surface area (Å²) < 4.78 is 28.6. The number of anilines is 1. The van der Waals surface area contributed by atoms with Crippen molar-refractivity contribution in [3.63, 3.8) is 0 Å². The minimum Gasteiger partial charge on any atom is -0.427 e. The topological polar surface area (TPSA) is 95.5 Å². The van der Waals surface area contributed by atoms with Gasteiger partial charge in [-0.25, -0.2) is 0 Å². The van der Waals surface area contributed by atoms with E-state index in [-0.39, 0.29) is 16.8 Å². The highest BCUT2D eigenvalue weighted by Crippen LogP contribution is 2.38. The van der Waals surface area contributed by atoms with Gasteiger partial charge in [0.2, 0.25) is 5.75 Å². The van der Waals surface area contributed by atoms with E-state index < -0.39 is 28.8 Å². The summed E-state index contributed by atoms with van der Waals surface area (Å²) in [6.07, 6.45) is 0. The molecule has 0 fully saturated rings. The van der Waals surface area contributed by atoms with Gasteiger partial charge in [0.05, 0.1) is 16.1 Å². The maximum atomic E-state index is 12.3. The van der Waals surface area contributed by atoms with Crippen LogP contribution in [0.3, 0.4) is 0 Å². The van der Waals surface area contributed by atoms with Crippen molar-refractivity contribution in [2.45, 2.75) is 20.5 Å². The summed E-state index contributed by atoms with van der Waals surface area (Å²) in [5.41, 5.74) is 4.37. The van der Waals surface area contributed by atoms with E-state index in [1.807, 2.05) is 0 Å². The van der Waals surface area contributed by atoms with E-state index in [0.29, 0.717) is 0 Å².